The van der Waals surface area contributed by atoms with Crippen molar-refractivity contribution in [2.24, 2.45) is 5.92 Å². The highest BCUT2D eigenvalue weighted by molar-refractivity contribution is 5.80. The number of piperidine rings is 1. The van der Waals surface area contributed by atoms with Gasteiger partial charge in [0.15, 0.2) is 0 Å². The zero-order valence-electron chi connectivity index (χ0n) is 11.1. The second kappa shape index (κ2) is 7.60. The van der Waals surface area contributed by atoms with Crippen LogP contribution in [0.3, 0.4) is 0 Å². The first-order valence-corrected chi connectivity index (χ1v) is 6.45. The van der Waals surface area contributed by atoms with E-state index in [1.807, 2.05) is 0 Å². The molecule has 0 aromatic rings. The Morgan fingerprint density at radius 3 is 2.79 bits per heavy atom. The average Bonchev–Trinajstić information content (AvgIpc) is 2.39. The van der Waals surface area contributed by atoms with Crippen LogP contribution in [-0.2, 0) is 14.3 Å². The van der Waals surface area contributed by atoms with Gasteiger partial charge in [-0.25, -0.2) is 4.79 Å². The van der Waals surface area contributed by atoms with Crippen LogP contribution in [0, 0.1) is 5.92 Å². The molecule has 1 fully saturated rings. The second-order valence-electron chi connectivity index (χ2n) is 4.41. The molecule has 1 saturated heterocycles. The summed E-state index contributed by atoms with van der Waals surface area (Å²) >= 11 is 0. The summed E-state index contributed by atoms with van der Waals surface area (Å²) in [5.74, 6) is -0.874. The number of hydrogen-bond acceptors (Lipinski definition) is 4. The molecule has 0 aromatic carbocycles. The largest absolute Gasteiger partial charge is 0.466 e. The third-order valence-electron chi connectivity index (χ3n) is 3.00. The maximum atomic E-state index is 11.8. The summed E-state index contributed by atoms with van der Waals surface area (Å²) in [5.41, 5.74) is 0. The normalized spacial score (nSPS) is 18.8. The highest BCUT2D eigenvalue weighted by Gasteiger charge is 2.27. The standard InChI is InChI=1S/C12H20N2O5/c1-2-19-10(15)5-6-13-11(16)9-4-3-7-14(8-9)12(17)18/h9H,2-8H2,1H3,(H,13,16)(H,17,18)/t9-/m0/s1. The van der Waals surface area contributed by atoms with Crippen LogP contribution < -0.4 is 5.32 Å². The maximum absolute atomic E-state index is 11.8. The van der Waals surface area contributed by atoms with Crippen molar-refractivity contribution in [1.29, 1.82) is 0 Å². The molecule has 2 amide bonds. The van der Waals surface area contributed by atoms with Gasteiger partial charge in [0.25, 0.3) is 0 Å². The molecule has 0 bridgehead atoms. The smallest absolute Gasteiger partial charge is 0.407 e. The summed E-state index contributed by atoms with van der Waals surface area (Å²) in [6, 6.07) is 0. The number of carbonyl (C=O) groups is 3. The SMILES string of the molecule is CCOC(=O)CCNC(=O)[C@H]1CCCN(C(=O)O)C1. The summed E-state index contributed by atoms with van der Waals surface area (Å²) < 4.78 is 4.74. The Bertz CT molecular complexity index is 345. The van der Waals surface area contributed by atoms with Crippen LogP contribution in [0.1, 0.15) is 26.2 Å². The molecular formula is C12H20N2O5. The first kappa shape index (κ1) is 15.3. The van der Waals surface area contributed by atoms with E-state index < -0.39 is 6.09 Å². The molecule has 1 heterocycles. The molecule has 1 atom stereocenters. The Morgan fingerprint density at radius 2 is 2.16 bits per heavy atom. The molecule has 0 saturated carbocycles. The number of carbonyl (C=O) groups excluding carboxylic acids is 2. The number of ether oxygens (including phenoxy) is 1. The van der Waals surface area contributed by atoms with Gasteiger partial charge in [-0.3, -0.25) is 9.59 Å². The van der Waals surface area contributed by atoms with Crippen molar-refractivity contribution in [2.75, 3.05) is 26.2 Å². The Hall–Kier alpha value is -1.79. The number of esters is 1. The van der Waals surface area contributed by atoms with Gasteiger partial charge >= 0.3 is 12.1 Å². The van der Waals surface area contributed by atoms with Crippen LogP contribution in [-0.4, -0.2) is 54.2 Å². The minimum Gasteiger partial charge on any atom is -0.466 e. The number of rotatable bonds is 5. The lowest BCUT2D eigenvalue weighted by Gasteiger charge is -2.29. The van der Waals surface area contributed by atoms with Crippen LogP contribution in [0.5, 0.6) is 0 Å². The zero-order valence-corrected chi connectivity index (χ0v) is 11.1. The first-order chi connectivity index (χ1) is 9.04. The molecular weight excluding hydrogens is 252 g/mol. The Labute approximate surface area is 111 Å². The van der Waals surface area contributed by atoms with Crippen LogP contribution in [0.15, 0.2) is 0 Å². The van der Waals surface area contributed by atoms with Gasteiger partial charge in [-0.15, -0.1) is 0 Å². The van der Waals surface area contributed by atoms with Crippen molar-refractivity contribution in [3.63, 3.8) is 0 Å². The quantitative estimate of drug-likeness (QED) is 0.708. The fourth-order valence-corrected chi connectivity index (χ4v) is 2.03. The molecule has 7 nitrogen and oxygen atoms in total. The molecule has 1 aliphatic rings. The fraction of sp³-hybridized carbons (Fsp3) is 0.750. The van der Waals surface area contributed by atoms with E-state index in [9.17, 15) is 14.4 Å². The van der Waals surface area contributed by atoms with Crippen molar-refractivity contribution in [1.82, 2.24) is 10.2 Å². The van der Waals surface area contributed by atoms with Gasteiger partial charge in [0.05, 0.1) is 18.9 Å². The van der Waals surface area contributed by atoms with Crippen LogP contribution in [0.2, 0.25) is 0 Å². The van der Waals surface area contributed by atoms with Gasteiger partial charge in [-0.05, 0) is 19.8 Å². The summed E-state index contributed by atoms with van der Waals surface area (Å²) in [7, 11) is 0. The molecule has 2 N–H and O–H groups in total. The van der Waals surface area contributed by atoms with E-state index in [1.165, 1.54) is 4.90 Å². The van der Waals surface area contributed by atoms with Gasteiger partial charge in [0.2, 0.25) is 5.91 Å². The van der Waals surface area contributed by atoms with Crippen LogP contribution in [0.4, 0.5) is 4.79 Å². The Kier molecular flexibility index (Phi) is 6.11. The van der Waals surface area contributed by atoms with E-state index in [4.69, 9.17) is 9.84 Å². The highest BCUT2D eigenvalue weighted by Crippen LogP contribution is 2.16. The number of nitrogens with one attached hydrogen (secondary N) is 1. The average molecular weight is 272 g/mol. The minimum atomic E-state index is -0.996. The maximum Gasteiger partial charge on any atom is 0.407 e. The van der Waals surface area contributed by atoms with Gasteiger partial charge in [0.1, 0.15) is 0 Å². The Morgan fingerprint density at radius 1 is 1.42 bits per heavy atom. The predicted molar refractivity (Wildman–Crippen MR) is 66.6 cm³/mol. The van der Waals surface area contributed by atoms with Gasteiger partial charge in [-0.2, -0.15) is 0 Å². The van der Waals surface area contributed by atoms with E-state index >= 15 is 0 Å². The second-order valence-corrected chi connectivity index (χ2v) is 4.41. The lowest BCUT2D eigenvalue weighted by molar-refractivity contribution is -0.143. The number of amides is 2. The third-order valence-corrected chi connectivity index (χ3v) is 3.00. The molecule has 0 spiro atoms. The molecule has 0 aliphatic carbocycles. The first-order valence-electron chi connectivity index (χ1n) is 6.45. The van der Waals surface area contributed by atoms with Crippen LogP contribution >= 0.6 is 0 Å². The van der Waals surface area contributed by atoms with Crippen molar-refractivity contribution in [2.45, 2.75) is 26.2 Å². The number of likely N-dealkylation sites (tertiary alicyclic amines) is 1. The molecule has 1 rings (SSSR count). The van der Waals surface area contributed by atoms with E-state index in [2.05, 4.69) is 5.32 Å². The van der Waals surface area contributed by atoms with E-state index in [1.54, 1.807) is 6.92 Å². The molecule has 0 unspecified atom stereocenters. The lowest BCUT2D eigenvalue weighted by Crippen LogP contribution is -2.45. The number of carboxylic acid groups (broad SMARTS) is 1. The van der Waals surface area contributed by atoms with E-state index in [-0.39, 0.29) is 37.3 Å². The number of hydrogen-bond donors (Lipinski definition) is 2. The Balaban J connectivity index is 2.29. The molecule has 7 heteroatoms. The predicted octanol–water partition coefficient (Wildman–Crippen LogP) is 0.446. The van der Waals surface area contributed by atoms with Gasteiger partial charge in [-0.1, -0.05) is 0 Å². The van der Waals surface area contributed by atoms with Crippen molar-refractivity contribution >= 4 is 18.0 Å². The van der Waals surface area contributed by atoms with Crippen LogP contribution in [0.25, 0.3) is 0 Å². The van der Waals surface area contributed by atoms with Gasteiger partial charge < -0.3 is 20.1 Å². The van der Waals surface area contributed by atoms with Crippen molar-refractivity contribution in [3.05, 3.63) is 0 Å². The molecule has 108 valence electrons. The van der Waals surface area contributed by atoms with E-state index in [0.717, 1.165) is 0 Å². The zero-order chi connectivity index (χ0) is 14.3. The summed E-state index contributed by atoms with van der Waals surface area (Å²) in [5, 5.41) is 11.5. The third kappa shape index (κ3) is 5.15. The summed E-state index contributed by atoms with van der Waals surface area (Å²) in [6.07, 6.45) is 0.496. The monoisotopic (exact) mass is 272 g/mol. The fourth-order valence-electron chi connectivity index (χ4n) is 2.03. The summed E-state index contributed by atoms with van der Waals surface area (Å²) in [6.45, 7) is 2.96. The van der Waals surface area contributed by atoms with Gasteiger partial charge in [0, 0.05) is 19.6 Å². The van der Waals surface area contributed by atoms with Crippen molar-refractivity contribution < 1.29 is 24.2 Å². The molecule has 0 radical (unpaired) electrons. The topological polar surface area (TPSA) is 95.9 Å². The molecule has 0 aromatic heterocycles. The lowest BCUT2D eigenvalue weighted by atomic mass is 9.97. The number of nitrogens with zero attached hydrogens (tertiary/aromatic N) is 1. The molecule has 19 heavy (non-hydrogen) atoms. The van der Waals surface area contributed by atoms with Crippen molar-refractivity contribution in [3.8, 4) is 0 Å². The summed E-state index contributed by atoms with van der Waals surface area (Å²) in [4.78, 5) is 35.0. The van der Waals surface area contributed by atoms with E-state index in [0.29, 0.717) is 26.0 Å². The minimum absolute atomic E-state index is 0.134. The highest BCUT2D eigenvalue weighted by atomic mass is 16.5. The molecule has 1 aliphatic heterocycles.